The van der Waals surface area contributed by atoms with Crippen molar-refractivity contribution in [3.05, 3.63) is 70.7 Å². The molecule has 2 rings (SSSR count). The smallest absolute Gasteiger partial charge is 0.240 e. The van der Waals surface area contributed by atoms with Gasteiger partial charge in [0.15, 0.2) is 0 Å². The van der Waals surface area contributed by atoms with Crippen LogP contribution in [-0.2, 0) is 11.2 Å². The van der Waals surface area contributed by atoms with Gasteiger partial charge in [-0.25, -0.2) is 5.43 Å². The topological polar surface area (TPSA) is 41.5 Å². The molecule has 4 heteroatoms. The number of carbonyl (C=O) groups excluding carboxylic acids is 1. The minimum Gasteiger partial charge on any atom is -0.273 e. The fourth-order valence-corrected chi connectivity index (χ4v) is 2.19. The lowest BCUT2D eigenvalue weighted by Crippen LogP contribution is -2.19. The van der Waals surface area contributed by atoms with E-state index in [1.165, 1.54) is 0 Å². The van der Waals surface area contributed by atoms with Crippen LogP contribution in [0, 0.1) is 0 Å². The molecule has 1 N–H and O–H groups in total. The molecule has 0 heterocycles. The molecule has 0 aliphatic rings. The van der Waals surface area contributed by atoms with E-state index in [1.807, 2.05) is 55.5 Å². The summed E-state index contributed by atoms with van der Waals surface area (Å²) >= 11 is 6.08. The zero-order valence-electron chi connectivity index (χ0n) is 11.8. The van der Waals surface area contributed by atoms with Crippen molar-refractivity contribution in [3.8, 4) is 0 Å². The van der Waals surface area contributed by atoms with Gasteiger partial charge < -0.3 is 0 Å². The highest BCUT2D eigenvalue weighted by molar-refractivity contribution is 6.34. The number of benzene rings is 2. The minimum absolute atomic E-state index is 0.106. The Balaban J connectivity index is 1.88. The van der Waals surface area contributed by atoms with Crippen LogP contribution in [-0.4, -0.2) is 11.6 Å². The predicted octanol–water partition coefficient (Wildman–Crippen LogP) is 3.81. The number of hydrogen-bond acceptors (Lipinski definition) is 2. The van der Waals surface area contributed by atoms with Crippen molar-refractivity contribution in [1.29, 1.82) is 0 Å². The molecular formula is C17H17ClN2O. The molecule has 2 aromatic rings. The van der Waals surface area contributed by atoms with Crippen LogP contribution in [0.3, 0.4) is 0 Å². The molecule has 0 spiro atoms. The van der Waals surface area contributed by atoms with E-state index in [4.69, 9.17) is 11.6 Å². The predicted molar refractivity (Wildman–Crippen MR) is 86.6 cm³/mol. The van der Waals surface area contributed by atoms with Crippen molar-refractivity contribution in [2.24, 2.45) is 5.10 Å². The lowest BCUT2D eigenvalue weighted by molar-refractivity contribution is -0.121. The van der Waals surface area contributed by atoms with Gasteiger partial charge in [-0.2, -0.15) is 5.10 Å². The molecule has 0 aliphatic heterocycles. The second-order valence-corrected chi connectivity index (χ2v) is 5.10. The molecule has 0 aliphatic carbocycles. The molecule has 0 bridgehead atoms. The first-order valence-electron chi connectivity index (χ1n) is 6.79. The van der Waals surface area contributed by atoms with Crippen molar-refractivity contribution >= 4 is 23.2 Å². The number of nitrogens with zero attached hydrogens (tertiary/aromatic N) is 1. The number of carbonyl (C=O) groups is 1. The fraction of sp³-hybridized carbons (Fsp3) is 0.176. The molecule has 1 amide bonds. The number of hydrazone groups is 1. The van der Waals surface area contributed by atoms with Crippen molar-refractivity contribution in [3.63, 3.8) is 0 Å². The summed E-state index contributed by atoms with van der Waals surface area (Å²) < 4.78 is 0. The first-order chi connectivity index (χ1) is 10.2. The average Bonchev–Trinajstić information content (AvgIpc) is 2.52. The Bertz CT molecular complexity index is 638. The molecule has 108 valence electrons. The minimum atomic E-state index is -0.106. The van der Waals surface area contributed by atoms with Crippen molar-refractivity contribution < 1.29 is 4.79 Å². The van der Waals surface area contributed by atoms with Gasteiger partial charge in [0, 0.05) is 17.0 Å². The second-order valence-electron chi connectivity index (χ2n) is 4.70. The summed E-state index contributed by atoms with van der Waals surface area (Å²) in [5.41, 5.74) is 5.22. The second kappa shape index (κ2) is 7.60. The van der Waals surface area contributed by atoms with Gasteiger partial charge >= 0.3 is 0 Å². The number of halogens is 1. The summed E-state index contributed by atoms with van der Waals surface area (Å²) in [7, 11) is 0. The Kier molecular flexibility index (Phi) is 5.52. The molecule has 0 radical (unpaired) electrons. The monoisotopic (exact) mass is 300 g/mol. The van der Waals surface area contributed by atoms with Gasteiger partial charge in [-0.15, -0.1) is 0 Å². The molecule has 2 aromatic carbocycles. The summed E-state index contributed by atoms with van der Waals surface area (Å²) in [5.74, 6) is -0.106. The Labute approximate surface area is 129 Å². The van der Waals surface area contributed by atoms with Crippen LogP contribution in [0.15, 0.2) is 59.7 Å². The third-order valence-electron chi connectivity index (χ3n) is 3.10. The van der Waals surface area contributed by atoms with E-state index in [0.29, 0.717) is 23.6 Å². The molecule has 0 unspecified atom stereocenters. The lowest BCUT2D eigenvalue weighted by Gasteiger charge is -2.05. The summed E-state index contributed by atoms with van der Waals surface area (Å²) in [6.45, 7) is 1.82. The first kappa shape index (κ1) is 15.3. The van der Waals surface area contributed by atoms with Gasteiger partial charge in [0.05, 0.1) is 5.71 Å². The average molecular weight is 301 g/mol. The molecule has 0 atom stereocenters. The third-order valence-corrected chi connectivity index (χ3v) is 3.43. The van der Waals surface area contributed by atoms with Crippen LogP contribution in [0.4, 0.5) is 0 Å². The molecule has 0 fully saturated rings. The summed E-state index contributed by atoms with van der Waals surface area (Å²) in [4.78, 5) is 11.8. The first-order valence-corrected chi connectivity index (χ1v) is 7.16. The zero-order valence-corrected chi connectivity index (χ0v) is 12.6. The van der Waals surface area contributed by atoms with E-state index in [2.05, 4.69) is 10.5 Å². The number of amides is 1. The van der Waals surface area contributed by atoms with Crippen molar-refractivity contribution in [1.82, 2.24) is 5.43 Å². The van der Waals surface area contributed by atoms with E-state index in [0.717, 1.165) is 11.1 Å². The van der Waals surface area contributed by atoms with Gasteiger partial charge in [-0.3, -0.25) is 4.79 Å². The highest BCUT2D eigenvalue weighted by Crippen LogP contribution is 2.15. The molecule has 0 saturated carbocycles. The van der Waals surface area contributed by atoms with E-state index >= 15 is 0 Å². The largest absolute Gasteiger partial charge is 0.273 e. The number of aryl methyl sites for hydroxylation is 1. The fourth-order valence-electron chi connectivity index (χ4n) is 1.92. The maximum Gasteiger partial charge on any atom is 0.240 e. The molecule has 0 saturated heterocycles. The van der Waals surface area contributed by atoms with Crippen LogP contribution < -0.4 is 5.43 Å². The number of rotatable bonds is 5. The Morgan fingerprint density at radius 3 is 2.48 bits per heavy atom. The van der Waals surface area contributed by atoms with Crippen LogP contribution in [0.1, 0.15) is 24.5 Å². The van der Waals surface area contributed by atoms with Gasteiger partial charge in [0.25, 0.3) is 0 Å². The molecule has 3 nitrogen and oxygen atoms in total. The van der Waals surface area contributed by atoms with Crippen LogP contribution in [0.2, 0.25) is 5.02 Å². The Morgan fingerprint density at radius 2 is 1.76 bits per heavy atom. The summed E-state index contributed by atoms with van der Waals surface area (Å²) in [6.07, 6.45) is 1.11. The molecular weight excluding hydrogens is 284 g/mol. The zero-order chi connectivity index (χ0) is 15.1. The van der Waals surface area contributed by atoms with Gasteiger partial charge in [-0.05, 0) is 25.0 Å². The number of nitrogens with one attached hydrogen (secondary N) is 1. The van der Waals surface area contributed by atoms with E-state index in [9.17, 15) is 4.79 Å². The van der Waals surface area contributed by atoms with E-state index in [-0.39, 0.29) is 5.91 Å². The van der Waals surface area contributed by atoms with Crippen LogP contribution >= 0.6 is 11.6 Å². The maximum absolute atomic E-state index is 11.8. The van der Waals surface area contributed by atoms with Crippen LogP contribution in [0.5, 0.6) is 0 Å². The summed E-state index contributed by atoms with van der Waals surface area (Å²) in [6, 6.07) is 17.3. The Hall–Kier alpha value is -2.13. The molecule has 0 aromatic heterocycles. The Morgan fingerprint density at radius 1 is 1.10 bits per heavy atom. The van der Waals surface area contributed by atoms with Gasteiger partial charge in [0.1, 0.15) is 0 Å². The maximum atomic E-state index is 11.8. The summed E-state index contributed by atoms with van der Waals surface area (Å²) in [5, 5.41) is 4.72. The SMILES string of the molecule is C/C(=N\NC(=O)CCc1ccccc1)c1ccccc1Cl. The molecule has 21 heavy (non-hydrogen) atoms. The van der Waals surface area contributed by atoms with E-state index < -0.39 is 0 Å². The third kappa shape index (κ3) is 4.72. The van der Waals surface area contributed by atoms with Gasteiger partial charge in [-0.1, -0.05) is 60.1 Å². The van der Waals surface area contributed by atoms with Crippen molar-refractivity contribution in [2.45, 2.75) is 19.8 Å². The highest BCUT2D eigenvalue weighted by Gasteiger charge is 2.04. The normalized spacial score (nSPS) is 11.2. The van der Waals surface area contributed by atoms with Crippen molar-refractivity contribution in [2.75, 3.05) is 0 Å². The lowest BCUT2D eigenvalue weighted by atomic mass is 10.1. The number of hydrogen-bond donors (Lipinski definition) is 1. The van der Waals surface area contributed by atoms with Crippen LogP contribution in [0.25, 0.3) is 0 Å². The van der Waals surface area contributed by atoms with Gasteiger partial charge in [0.2, 0.25) is 5.91 Å². The highest BCUT2D eigenvalue weighted by atomic mass is 35.5. The quantitative estimate of drug-likeness (QED) is 0.662. The van der Waals surface area contributed by atoms with E-state index in [1.54, 1.807) is 6.07 Å². The standard InChI is InChI=1S/C17H17ClN2O/c1-13(15-9-5-6-10-16(15)18)19-20-17(21)12-11-14-7-3-2-4-8-14/h2-10H,11-12H2,1H3,(H,20,21)/b19-13+.